The number of alkyl halides is 2. The Morgan fingerprint density at radius 3 is 2.47 bits per heavy atom. The van der Waals surface area contributed by atoms with Crippen molar-refractivity contribution in [3.8, 4) is 22.6 Å². The Morgan fingerprint density at radius 1 is 1.30 bits per heavy atom. The van der Waals surface area contributed by atoms with Gasteiger partial charge >= 0.3 is 6.55 Å². The van der Waals surface area contributed by atoms with E-state index in [1.165, 1.54) is 6.07 Å². The van der Waals surface area contributed by atoms with Crippen molar-refractivity contribution in [3.05, 3.63) is 57.6 Å². The molecule has 0 aliphatic rings. The number of primary amides is 1. The quantitative estimate of drug-likeness (QED) is 0.370. The van der Waals surface area contributed by atoms with Crippen LogP contribution in [0.25, 0.3) is 16.8 Å². The van der Waals surface area contributed by atoms with Gasteiger partial charge in [-0.05, 0) is 31.5 Å². The lowest BCUT2D eigenvalue weighted by Crippen LogP contribution is -2.28. The summed E-state index contributed by atoms with van der Waals surface area (Å²) in [5.74, 6) is -1.20. The van der Waals surface area contributed by atoms with Crippen LogP contribution in [-0.4, -0.2) is 32.5 Å². The standard InChI is InChI=1S/C18H17F2N5O3.BHS/c1-8-3-4-13(26)9(2)14(8)25-15(21)12(16(22)27)5-11(17(25)28)10-6-23-24(7-10)18(19)20;1-2/h3-7,18,26H,21H2,1-2H3,(H2,22,27);2H. The molecule has 0 spiro atoms. The number of benzene rings is 1. The molecule has 0 aliphatic carbocycles. The number of rotatable bonds is 4. The van der Waals surface area contributed by atoms with E-state index in [0.29, 0.717) is 15.8 Å². The number of amides is 1. The van der Waals surface area contributed by atoms with Gasteiger partial charge < -0.3 is 16.6 Å². The molecule has 2 aromatic heterocycles. The fraction of sp³-hybridized carbons (Fsp3) is 0.167. The molecule has 1 aromatic carbocycles. The van der Waals surface area contributed by atoms with Gasteiger partial charge in [0.25, 0.3) is 11.5 Å². The van der Waals surface area contributed by atoms with E-state index in [4.69, 9.17) is 11.5 Å². The average molecular weight is 433 g/mol. The highest BCUT2D eigenvalue weighted by molar-refractivity contribution is 8.03. The van der Waals surface area contributed by atoms with Crippen molar-refractivity contribution < 1.29 is 18.7 Å². The molecule has 0 aliphatic heterocycles. The molecule has 3 rings (SSSR count). The molecule has 0 unspecified atom stereocenters. The zero-order valence-electron chi connectivity index (χ0n) is 16.0. The number of aromatic nitrogens is 3. The Balaban J connectivity index is 0.00000155. The first-order chi connectivity index (χ1) is 14.1. The number of carbonyl (C=O) groups excluding carboxylic acids is 1. The third-order valence-corrected chi connectivity index (χ3v) is 4.44. The van der Waals surface area contributed by atoms with Crippen LogP contribution in [0.4, 0.5) is 14.6 Å². The molecule has 12 heteroatoms. The minimum Gasteiger partial charge on any atom is -0.508 e. The molecule has 3 aromatic rings. The molecule has 0 bridgehead atoms. The van der Waals surface area contributed by atoms with Crippen LogP contribution in [0.1, 0.15) is 28.0 Å². The van der Waals surface area contributed by atoms with Crippen LogP contribution in [0.5, 0.6) is 5.75 Å². The van der Waals surface area contributed by atoms with E-state index in [2.05, 4.69) is 24.7 Å². The van der Waals surface area contributed by atoms with Gasteiger partial charge in [0.1, 0.15) is 11.6 Å². The first kappa shape index (κ1) is 23.0. The highest BCUT2D eigenvalue weighted by atomic mass is 32.1. The number of anilines is 1. The molecule has 8 nitrogen and oxygen atoms in total. The number of phenols is 1. The minimum absolute atomic E-state index is 0.0667. The molecule has 0 saturated carbocycles. The van der Waals surface area contributed by atoms with Crippen LogP contribution < -0.4 is 17.0 Å². The topological polar surface area (TPSA) is 129 Å². The number of thiol groups is 1. The number of hydrogen-bond donors (Lipinski definition) is 4. The lowest BCUT2D eigenvalue weighted by Gasteiger charge is -2.19. The zero-order chi connectivity index (χ0) is 22.7. The molecule has 0 fully saturated rings. The molecule has 0 saturated heterocycles. The first-order valence-corrected chi connectivity index (χ1v) is 8.88. The van der Waals surface area contributed by atoms with Crippen molar-refractivity contribution in [3.63, 3.8) is 0 Å². The summed E-state index contributed by atoms with van der Waals surface area (Å²) >= 11 is 3.03. The summed E-state index contributed by atoms with van der Waals surface area (Å²) in [6.07, 6.45) is 2.06. The summed E-state index contributed by atoms with van der Waals surface area (Å²) in [6, 6.07) is 4.19. The Hall–Kier alpha value is -3.28. The van der Waals surface area contributed by atoms with Crippen LogP contribution >= 0.6 is 12.5 Å². The molecule has 1 amide bonds. The number of phenolic OH excluding ortho intramolecular Hbond substituents is 1. The Kier molecular flexibility index (Phi) is 6.93. The van der Waals surface area contributed by atoms with Crippen molar-refractivity contribution in [2.24, 2.45) is 5.73 Å². The fourth-order valence-electron chi connectivity index (χ4n) is 3.01. The lowest BCUT2D eigenvalue weighted by molar-refractivity contribution is 0.0566. The molecule has 2 radical (unpaired) electrons. The van der Waals surface area contributed by atoms with Gasteiger partial charge in [-0.1, -0.05) is 6.07 Å². The van der Waals surface area contributed by atoms with Gasteiger partial charge in [-0.15, -0.1) is 0 Å². The van der Waals surface area contributed by atoms with E-state index in [-0.39, 0.29) is 33.9 Å². The number of aryl methyl sites for hydroxylation is 1. The maximum atomic E-state index is 13.2. The molecule has 2 heterocycles. The van der Waals surface area contributed by atoms with E-state index in [9.17, 15) is 23.5 Å². The molecular formula is C18H18BF2N5O3S. The summed E-state index contributed by atoms with van der Waals surface area (Å²) < 4.78 is 27.1. The smallest absolute Gasteiger partial charge is 0.333 e. The van der Waals surface area contributed by atoms with Crippen LogP contribution in [0, 0.1) is 13.8 Å². The number of aromatic hydroxyl groups is 1. The van der Waals surface area contributed by atoms with Gasteiger partial charge in [-0.2, -0.15) is 13.9 Å². The maximum Gasteiger partial charge on any atom is 0.333 e. The number of nitrogen functional groups attached to an aromatic ring is 1. The number of nitrogens with two attached hydrogens (primary N) is 2. The van der Waals surface area contributed by atoms with Crippen molar-refractivity contribution >= 4 is 31.3 Å². The molecule has 156 valence electrons. The average Bonchev–Trinajstić information content (AvgIpc) is 3.19. The summed E-state index contributed by atoms with van der Waals surface area (Å²) in [6.45, 7) is 0.379. The van der Waals surface area contributed by atoms with Gasteiger partial charge in [0.15, 0.2) is 7.12 Å². The van der Waals surface area contributed by atoms with Crippen molar-refractivity contribution in [1.29, 1.82) is 0 Å². The molecule has 0 atom stereocenters. The normalized spacial score (nSPS) is 10.6. The summed E-state index contributed by atoms with van der Waals surface area (Å²) in [7, 11) is 4.19. The van der Waals surface area contributed by atoms with Gasteiger partial charge in [0.2, 0.25) is 0 Å². The van der Waals surface area contributed by atoms with Gasteiger partial charge in [0, 0.05) is 17.3 Å². The van der Waals surface area contributed by atoms with Crippen molar-refractivity contribution in [2.45, 2.75) is 20.4 Å². The predicted molar refractivity (Wildman–Crippen MR) is 113 cm³/mol. The number of pyridine rings is 1. The SMILES string of the molecule is Cc1ccc(O)c(C)c1-n1c(N)c(C(N)=O)cc(-c2cnn(C(F)F)c2)c1=O.[B]S. The van der Waals surface area contributed by atoms with E-state index >= 15 is 0 Å². The third-order valence-electron chi connectivity index (χ3n) is 4.44. The maximum absolute atomic E-state index is 13.2. The van der Waals surface area contributed by atoms with E-state index in [1.54, 1.807) is 19.9 Å². The zero-order valence-corrected chi connectivity index (χ0v) is 16.9. The highest BCUT2D eigenvalue weighted by Gasteiger charge is 2.22. The second-order valence-corrected chi connectivity index (χ2v) is 6.22. The van der Waals surface area contributed by atoms with Crippen molar-refractivity contribution in [2.75, 3.05) is 5.73 Å². The molecule has 5 N–H and O–H groups in total. The van der Waals surface area contributed by atoms with E-state index in [0.717, 1.165) is 23.0 Å². The number of nitrogens with zero attached hydrogens (tertiary/aromatic N) is 3. The molecular weight excluding hydrogens is 415 g/mol. The van der Waals surface area contributed by atoms with E-state index in [1.807, 2.05) is 0 Å². The van der Waals surface area contributed by atoms with Crippen LogP contribution in [-0.2, 0) is 0 Å². The third kappa shape index (κ3) is 4.04. The highest BCUT2D eigenvalue weighted by Crippen LogP contribution is 2.30. The number of carbonyl (C=O) groups is 1. The largest absolute Gasteiger partial charge is 0.508 e. The summed E-state index contributed by atoms with van der Waals surface area (Å²) in [5, 5.41) is 13.6. The van der Waals surface area contributed by atoms with Gasteiger partial charge in [-0.3, -0.25) is 14.2 Å². The fourth-order valence-corrected chi connectivity index (χ4v) is 3.01. The summed E-state index contributed by atoms with van der Waals surface area (Å²) in [4.78, 5) is 25.1. The second-order valence-electron chi connectivity index (χ2n) is 6.22. The van der Waals surface area contributed by atoms with Crippen LogP contribution in [0.15, 0.2) is 35.4 Å². The Morgan fingerprint density at radius 2 is 1.93 bits per heavy atom. The summed E-state index contributed by atoms with van der Waals surface area (Å²) in [5.41, 5.74) is 11.8. The Labute approximate surface area is 176 Å². The monoisotopic (exact) mass is 433 g/mol. The van der Waals surface area contributed by atoms with Crippen LogP contribution in [0.2, 0.25) is 0 Å². The number of hydrogen-bond acceptors (Lipinski definition) is 6. The Bertz CT molecular complexity index is 1160. The van der Waals surface area contributed by atoms with Gasteiger partial charge in [-0.25, -0.2) is 17.2 Å². The molecule has 30 heavy (non-hydrogen) atoms. The van der Waals surface area contributed by atoms with Crippen LogP contribution in [0.3, 0.4) is 0 Å². The lowest BCUT2D eigenvalue weighted by atomic mass is 10.0. The first-order valence-electron chi connectivity index (χ1n) is 8.36. The van der Waals surface area contributed by atoms with Crippen molar-refractivity contribution in [1.82, 2.24) is 14.3 Å². The minimum atomic E-state index is -2.89. The number of halogens is 2. The van der Waals surface area contributed by atoms with E-state index < -0.39 is 18.0 Å². The predicted octanol–water partition coefficient (Wildman–Crippen LogP) is 2.10. The van der Waals surface area contributed by atoms with Gasteiger partial charge in [0.05, 0.1) is 23.0 Å². The second kappa shape index (κ2) is 9.03.